The van der Waals surface area contributed by atoms with E-state index in [0.717, 1.165) is 16.8 Å². The smallest absolute Gasteiger partial charge is 0.139 e. The Morgan fingerprint density at radius 3 is 2.67 bits per heavy atom. The number of alkyl halides is 1. The molecule has 0 saturated heterocycles. The van der Waals surface area contributed by atoms with Gasteiger partial charge in [0, 0.05) is 6.07 Å². The Morgan fingerprint density at radius 1 is 1.29 bits per heavy atom. The molecule has 3 aromatic rings. The lowest BCUT2D eigenvalue weighted by Crippen LogP contribution is -2.03. The van der Waals surface area contributed by atoms with Gasteiger partial charge in [-0.25, -0.2) is 9.37 Å². The van der Waals surface area contributed by atoms with Crippen molar-refractivity contribution in [2.24, 2.45) is 0 Å². The predicted octanol–water partition coefficient (Wildman–Crippen LogP) is 5.54. The van der Waals surface area contributed by atoms with Crippen LogP contribution < -0.4 is 0 Å². The van der Waals surface area contributed by atoms with Gasteiger partial charge in [-0.05, 0) is 47.5 Å². The monoisotopic (exact) mass is 366 g/mol. The number of halogens is 3. The van der Waals surface area contributed by atoms with Crippen molar-refractivity contribution in [3.8, 4) is 5.69 Å². The molecule has 1 atom stereocenters. The van der Waals surface area contributed by atoms with Gasteiger partial charge in [0.25, 0.3) is 0 Å². The highest BCUT2D eigenvalue weighted by molar-refractivity contribution is 9.10. The number of hydrogen-bond acceptors (Lipinski definition) is 1. The third kappa shape index (κ3) is 2.47. The van der Waals surface area contributed by atoms with E-state index in [-0.39, 0.29) is 11.2 Å². The van der Waals surface area contributed by atoms with Crippen LogP contribution in [0.25, 0.3) is 16.7 Å². The second kappa shape index (κ2) is 5.43. The first-order valence-electron chi connectivity index (χ1n) is 6.56. The summed E-state index contributed by atoms with van der Waals surface area (Å²) in [6.07, 6.45) is 0. The third-order valence-electron chi connectivity index (χ3n) is 3.43. The fourth-order valence-corrected chi connectivity index (χ4v) is 2.90. The van der Waals surface area contributed by atoms with E-state index in [1.165, 1.54) is 6.07 Å². The molecule has 3 rings (SSSR count). The van der Waals surface area contributed by atoms with Gasteiger partial charge in [-0.3, -0.25) is 4.57 Å². The van der Waals surface area contributed by atoms with Gasteiger partial charge in [-0.2, -0.15) is 0 Å². The molecule has 0 aliphatic rings. The van der Waals surface area contributed by atoms with Gasteiger partial charge < -0.3 is 0 Å². The van der Waals surface area contributed by atoms with Crippen molar-refractivity contribution >= 4 is 38.6 Å². The summed E-state index contributed by atoms with van der Waals surface area (Å²) in [7, 11) is 0. The maximum Gasteiger partial charge on any atom is 0.139 e. The molecule has 0 N–H and O–H groups in total. The number of rotatable bonds is 2. The molecule has 5 heteroatoms. The average molecular weight is 368 g/mol. The van der Waals surface area contributed by atoms with E-state index in [0.29, 0.717) is 15.8 Å². The maximum absolute atomic E-state index is 13.7. The zero-order valence-electron chi connectivity index (χ0n) is 11.6. The van der Waals surface area contributed by atoms with Crippen molar-refractivity contribution in [3.63, 3.8) is 0 Å². The normalized spacial score (nSPS) is 12.8. The van der Waals surface area contributed by atoms with E-state index in [1.54, 1.807) is 6.07 Å². The molecule has 0 spiro atoms. The second-order valence-corrected chi connectivity index (χ2v) is 6.47. The van der Waals surface area contributed by atoms with Crippen LogP contribution in [0.1, 0.15) is 23.7 Å². The molecule has 0 bridgehead atoms. The highest BCUT2D eigenvalue weighted by atomic mass is 79.9. The van der Waals surface area contributed by atoms with Gasteiger partial charge in [-0.1, -0.05) is 18.2 Å². The number of nitrogens with zero attached hydrogens (tertiary/aromatic N) is 2. The summed E-state index contributed by atoms with van der Waals surface area (Å²) in [5.74, 6) is 0.379. The molecule has 2 nitrogen and oxygen atoms in total. The van der Waals surface area contributed by atoms with Crippen molar-refractivity contribution in [1.29, 1.82) is 0 Å². The number of imidazole rings is 1. The standard InChI is InChI=1S/C16H13BrClFN2/c1-9-5-3-4-6-14(9)21-15-7-11(17)12(19)8-13(15)20-16(21)10(2)18/h3-8,10H,1-2H3. The van der Waals surface area contributed by atoms with E-state index in [1.807, 2.05) is 42.7 Å². The van der Waals surface area contributed by atoms with Crippen molar-refractivity contribution in [2.45, 2.75) is 19.2 Å². The summed E-state index contributed by atoms with van der Waals surface area (Å²) < 4.78 is 16.2. The lowest BCUT2D eigenvalue weighted by Gasteiger charge is -2.13. The Balaban J connectivity index is 2.41. The molecule has 1 aromatic heterocycles. The van der Waals surface area contributed by atoms with Crippen molar-refractivity contribution in [3.05, 3.63) is 58.1 Å². The lowest BCUT2D eigenvalue weighted by atomic mass is 10.2. The molecule has 1 unspecified atom stereocenters. The highest BCUT2D eigenvalue weighted by Crippen LogP contribution is 2.32. The number of fused-ring (bicyclic) bond motifs is 1. The molecule has 1 heterocycles. The van der Waals surface area contributed by atoms with E-state index < -0.39 is 0 Å². The number of hydrogen-bond donors (Lipinski definition) is 0. The van der Waals surface area contributed by atoms with Crippen LogP contribution in [0.15, 0.2) is 40.9 Å². The van der Waals surface area contributed by atoms with E-state index in [9.17, 15) is 4.39 Å². The summed E-state index contributed by atoms with van der Waals surface area (Å²) >= 11 is 9.51. The molecule has 21 heavy (non-hydrogen) atoms. The number of para-hydroxylation sites is 1. The Bertz CT molecular complexity index is 827. The number of benzene rings is 2. The molecule has 0 saturated carbocycles. The van der Waals surface area contributed by atoms with Crippen LogP contribution in [-0.2, 0) is 0 Å². The predicted molar refractivity (Wildman–Crippen MR) is 87.7 cm³/mol. The van der Waals surface area contributed by atoms with Crippen molar-refractivity contribution in [2.75, 3.05) is 0 Å². The van der Waals surface area contributed by atoms with Crippen LogP contribution in [0.3, 0.4) is 0 Å². The topological polar surface area (TPSA) is 17.8 Å². The van der Waals surface area contributed by atoms with E-state index >= 15 is 0 Å². The minimum atomic E-state index is -0.328. The number of aromatic nitrogens is 2. The first-order valence-corrected chi connectivity index (χ1v) is 7.79. The molecule has 0 aliphatic heterocycles. The molecule has 0 radical (unpaired) electrons. The fourth-order valence-electron chi connectivity index (χ4n) is 2.43. The van der Waals surface area contributed by atoms with Gasteiger partial charge in [0.2, 0.25) is 0 Å². The van der Waals surface area contributed by atoms with Crippen LogP contribution in [0.5, 0.6) is 0 Å². The van der Waals surface area contributed by atoms with Crippen LogP contribution in [-0.4, -0.2) is 9.55 Å². The summed E-state index contributed by atoms with van der Waals surface area (Å²) in [6.45, 7) is 3.89. The SMILES string of the molecule is Cc1ccccc1-n1c(C(C)Cl)nc2cc(F)c(Br)cc21. The quantitative estimate of drug-likeness (QED) is 0.544. The molecule has 108 valence electrons. The second-order valence-electron chi connectivity index (χ2n) is 4.96. The largest absolute Gasteiger partial charge is 0.295 e. The zero-order valence-corrected chi connectivity index (χ0v) is 13.9. The van der Waals surface area contributed by atoms with Gasteiger partial charge in [-0.15, -0.1) is 11.6 Å². The summed E-state index contributed by atoms with van der Waals surface area (Å²) in [6, 6.07) is 11.2. The van der Waals surface area contributed by atoms with Crippen molar-refractivity contribution < 1.29 is 4.39 Å². The Kier molecular flexibility index (Phi) is 3.76. The van der Waals surface area contributed by atoms with E-state index in [4.69, 9.17) is 11.6 Å². The van der Waals surface area contributed by atoms with Crippen LogP contribution in [0.2, 0.25) is 0 Å². The third-order valence-corrected chi connectivity index (χ3v) is 4.24. The Hall–Kier alpha value is -1.39. The molecular formula is C16H13BrClFN2. The summed E-state index contributed by atoms with van der Waals surface area (Å²) in [4.78, 5) is 4.50. The summed E-state index contributed by atoms with van der Waals surface area (Å²) in [5.41, 5.74) is 3.54. The molecule has 0 fully saturated rings. The first-order chi connectivity index (χ1) is 9.99. The summed E-state index contributed by atoms with van der Waals surface area (Å²) in [5, 5.41) is -0.279. The zero-order chi connectivity index (χ0) is 15.1. The minimum absolute atomic E-state index is 0.279. The fraction of sp³-hybridized carbons (Fsp3) is 0.188. The van der Waals surface area contributed by atoms with Crippen LogP contribution >= 0.6 is 27.5 Å². The van der Waals surface area contributed by atoms with Crippen LogP contribution in [0, 0.1) is 12.7 Å². The molecule has 0 aliphatic carbocycles. The lowest BCUT2D eigenvalue weighted by molar-refractivity contribution is 0.623. The van der Waals surface area contributed by atoms with Gasteiger partial charge in [0.1, 0.15) is 11.6 Å². The molecular weight excluding hydrogens is 355 g/mol. The Morgan fingerprint density at radius 2 is 2.00 bits per heavy atom. The van der Waals surface area contributed by atoms with Crippen molar-refractivity contribution in [1.82, 2.24) is 9.55 Å². The van der Waals surface area contributed by atoms with Crippen LogP contribution in [0.4, 0.5) is 4.39 Å². The first kappa shape index (κ1) is 14.5. The van der Waals surface area contributed by atoms with Gasteiger partial charge in [0.05, 0.1) is 26.6 Å². The van der Waals surface area contributed by atoms with E-state index in [2.05, 4.69) is 20.9 Å². The number of aryl methyl sites for hydroxylation is 1. The Labute approximate surface area is 135 Å². The maximum atomic E-state index is 13.7. The van der Waals surface area contributed by atoms with Gasteiger partial charge in [0.15, 0.2) is 0 Å². The molecule has 0 amide bonds. The highest BCUT2D eigenvalue weighted by Gasteiger charge is 2.18. The van der Waals surface area contributed by atoms with Gasteiger partial charge >= 0.3 is 0 Å². The molecule has 2 aromatic carbocycles. The minimum Gasteiger partial charge on any atom is -0.295 e. The average Bonchev–Trinajstić information content (AvgIpc) is 2.78.